The molecule has 6 rings (SSSR count). The van der Waals surface area contributed by atoms with Gasteiger partial charge in [-0.25, -0.2) is 15.0 Å². The lowest BCUT2D eigenvalue weighted by Gasteiger charge is -2.37. The number of carbonyl (C=O) groups excluding carboxylic acids is 1. The van der Waals surface area contributed by atoms with Crippen LogP contribution in [-0.4, -0.2) is 61.3 Å². The highest BCUT2D eigenvalue weighted by molar-refractivity contribution is 5.87. The average molecular weight is 471 g/mol. The lowest BCUT2D eigenvalue weighted by Crippen LogP contribution is -2.47. The molecule has 0 bridgehead atoms. The van der Waals surface area contributed by atoms with Gasteiger partial charge in [-0.3, -0.25) is 9.48 Å². The minimum Gasteiger partial charge on any atom is -0.368 e. The van der Waals surface area contributed by atoms with Gasteiger partial charge in [0.15, 0.2) is 17.0 Å². The molecule has 1 aliphatic carbocycles. The van der Waals surface area contributed by atoms with E-state index in [4.69, 9.17) is 4.98 Å². The summed E-state index contributed by atoms with van der Waals surface area (Å²) in [6, 6.07) is 8.53. The van der Waals surface area contributed by atoms with Gasteiger partial charge in [0, 0.05) is 64.5 Å². The first-order valence-corrected chi connectivity index (χ1v) is 12.4. The molecule has 0 amide bonds. The molecule has 0 spiro atoms. The van der Waals surface area contributed by atoms with Gasteiger partial charge >= 0.3 is 0 Å². The third-order valence-electron chi connectivity index (χ3n) is 7.18. The number of anilines is 2. The molecule has 4 aromatic rings. The number of ketones is 1. The van der Waals surface area contributed by atoms with Crippen LogP contribution in [0.15, 0.2) is 43.0 Å². The Bertz CT molecular complexity index is 1380. The molecule has 1 saturated heterocycles. The fourth-order valence-corrected chi connectivity index (χ4v) is 5.07. The number of fused-ring (bicyclic) bond motifs is 1. The van der Waals surface area contributed by atoms with Crippen LogP contribution in [0.25, 0.3) is 22.6 Å². The van der Waals surface area contributed by atoms with Crippen LogP contribution in [0.5, 0.6) is 0 Å². The molecule has 0 atom stereocenters. The van der Waals surface area contributed by atoms with Crippen molar-refractivity contribution < 1.29 is 4.79 Å². The Labute approximate surface area is 204 Å². The quantitative estimate of drug-likeness (QED) is 0.410. The summed E-state index contributed by atoms with van der Waals surface area (Å²) >= 11 is 0. The predicted octanol–water partition coefficient (Wildman–Crippen LogP) is 3.00. The molecular formula is C26H30N8O. The first kappa shape index (κ1) is 21.8. The fraction of sp³-hybridized carbons (Fsp3) is 0.423. The fourth-order valence-electron chi connectivity index (χ4n) is 5.07. The van der Waals surface area contributed by atoms with Crippen molar-refractivity contribution in [3.63, 3.8) is 0 Å². The van der Waals surface area contributed by atoms with Gasteiger partial charge in [0.1, 0.15) is 17.9 Å². The highest BCUT2D eigenvalue weighted by Crippen LogP contribution is 2.33. The molecule has 4 heterocycles. The lowest BCUT2D eigenvalue weighted by atomic mass is 10.0. The van der Waals surface area contributed by atoms with Crippen LogP contribution in [0.3, 0.4) is 0 Å². The largest absolute Gasteiger partial charge is 0.368 e. The van der Waals surface area contributed by atoms with E-state index in [-0.39, 0.29) is 0 Å². The monoisotopic (exact) mass is 470 g/mol. The Morgan fingerprint density at radius 1 is 1.03 bits per heavy atom. The maximum Gasteiger partial charge on any atom is 0.165 e. The van der Waals surface area contributed by atoms with E-state index >= 15 is 0 Å². The van der Waals surface area contributed by atoms with E-state index in [1.807, 2.05) is 31.1 Å². The number of imidazole rings is 1. The van der Waals surface area contributed by atoms with Crippen LogP contribution in [0.2, 0.25) is 0 Å². The molecule has 1 saturated carbocycles. The predicted molar refractivity (Wildman–Crippen MR) is 135 cm³/mol. The van der Waals surface area contributed by atoms with Crippen molar-refractivity contribution in [2.45, 2.75) is 25.7 Å². The zero-order valence-corrected chi connectivity index (χ0v) is 20.3. The second kappa shape index (κ2) is 8.79. The Morgan fingerprint density at radius 2 is 1.80 bits per heavy atom. The van der Waals surface area contributed by atoms with Crippen molar-refractivity contribution in [3.05, 3.63) is 48.5 Å². The normalized spacial score (nSPS) is 16.3. The van der Waals surface area contributed by atoms with E-state index in [0.29, 0.717) is 18.1 Å². The number of rotatable bonds is 7. The summed E-state index contributed by atoms with van der Waals surface area (Å²) < 4.78 is 3.78. The summed E-state index contributed by atoms with van der Waals surface area (Å²) in [5.41, 5.74) is 5.12. The minimum absolute atomic E-state index is 0.334. The van der Waals surface area contributed by atoms with Gasteiger partial charge in [-0.2, -0.15) is 5.10 Å². The highest BCUT2D eigenvalue weighted by Gasteiger charge is 2.29. The minimum atomic E-state index is 0.334. The highest BCUT2D eigenvalue weighted by atomic mass is 16.1. The lowest BCUT2D eigenvalue weighted by molar-refractivity contribution is -0.120. The van der Waals surface area contributed by atoms with Crippen molar-refractivity contribution in [1.82, 2.24) is 29.3 Å². The summed E-state index contributed by atoms with van der Waals surface area (Å²) in [6.07, 6.45) is 9.05. The summed E-state index contributed by atoms with van der Waals surface area (Å²) in [5.74, 6) is 2.48. The third kappa shape index (κ3) is 4.15. The molecule has 180 valence electrons. The van der Waals surface area contributed by atoms with Gasteiger partial charge in [-0.1, -0.05) is 18.2 Å². The van der Waals surface area contributed by atoms with E-state index in [1.54, 1.807) is 11.0 Å². The Kier molecular flexibility index (Phi) is 5.47. The van der Waals surface area contributed by atoms with Crippen molar-refractivity contribution in [1.29, 1.82) is 0 Å². The zero-order valence-electron chi connectivity index (χ0n) is 20.3. The molecule has 9 nitrogen and oxygen atoms in total. The molecular weight excluding hydrogens is 440 g/mol. The number of hydrogen-bond donors (Lipinski definition) is 0. The molecule has 1 aliphatic heterocycles. The van der Waals surface area contributed by atoms with Gasteiger partial charge in [0.2, 0.25) is 0 Å². The van der Waals surface area contributed by atoms with Crippen LogP contribution >= 0.6 is 0 Å². The Balaban J connectivity index is 1.20. The summed E-state index contributed by atoms with van der Waals surface area (Å²) in [6.45, 7) is 3.48. The van der Waals surface area contributed by atoms with Gasteiger partial charge in [0.05, 0.1) is 11.8 Å². The first-order chi connectivity index (χ1) is 17.1. The standard InChI is InChI=1S/C26H30N8O/c1-31-16-20(15-29-31)24-30-23-25(32(24)2)27-17-28-26(23)34-13-11-33(12-14-34)21-6-4-3-5-18(21)9-10-22(35)19-7-8-19/h3-6,15-17,19H,7-14H2,1-2H3. The summed E-state index contributed by atoms with van der Waals surface area (Å²) in [4.78, 5) is 31.1. The molecule has 2 fully saturated rings. The average Bonchev–Trinajstić information content (AvgIpc) is 3.57. The maximum absolute atomic E-state index is 12.2. The SMILES string of the molecule is Cn1cc(-c2nc3c(N4CCN(c5ccccc5CCC(=O)C5CC5)CC4)ncnc3n2C)cn1. The van der Waals surface area contributed by atoms with Crippen LogP contribution in [0, 0.1) is 5.92 Å². The topological polar surface area (TPSA) is 85.0 Å². The molecule has 0 unspecified atom stereocenters. The summed E-state index contributed by atoms with van der Waals surface area (Å²) in [7, 11) is 3.89. The van der Waals surface area contributed by atoms with Gasteiger partial charge in [-0.05, 0) is 30.9 Å². The molecule has 0 radical (unpaired) electrons. The second-order valence-corrected chi connectivity index (χ2v) is 9.61. The number of carbonyl (C=O) groups is 1. The number of hydrogen-bond acceptors (Lipinski definition) is 7. The van der Waals surface area contributed by atoms with Crippen molar-refractivity contribution in [2.24, 2.45) is 20.0 Å². The van der Waals surface area contributed by atoms with Crippen LogP contribution in [-0.2, 0) is 25.3 Å². The molecule has 9 heteroatoms. The zero-order chi connectivity index (χ0) is 23.9. The number of benzene rings is 1. The molecule has 2 aliphatic rings. The number of aryl methyl sites for hydroxylation is 3. The maximum atomic E-state index is 12.2. The number of Topliss-reactive ketones (excluding diaryl/α,β-unsaturated/α-hetero) is 1. The second-order valence-electron chi connectivity index (χ2n) is 9.61. The first-order valence-electron chi connectivity index (χ1n) is 12.4. The number of aromatic nitrogens is 6. The number of piperazine rings is 1. The van der Waals surface area contributed by atoms with Gasteiger partial charge in [-0.15, -0.1) is 0 Å². The molecule has 0 N–H and O–H groups in total. The molecule has 35 heavy (non-hydrogen) atoms. The van der Waals surface area contributed by atoms with E-state index in [2.05, 4.69) is 49.1 Å². The summed E-state index contributed by atoms with van der Waals surface area (Å²) in [5, 5.41) is 4.29. The van der Waals surface area contributed by atoms with Crippen LogP contribution in [0.1, 0.15) is 24.8 Å². The van der Waals surface area contributed by atoms with Crippen molar-refractivity contribution in [3.8, 4) is 11.4 Å². The van der Waals surface area contributed by atoms with Crippen molar-refractivity contribution in [2.75, 3.05) is 36.0 Å². The number of nitrogens with zero attached hydrogens (tertiary/aromatic N) is 8. The van der Waals surface area contributed by atoms with Crippen molar-refractivity contribution >= 4 is 28.5 Å². The van der Waals surface area contributed by atoms with Gasteiger partial charge in [0.25, 0.3) is 0 Å². The van der Waals surface area contributed by atoms with Gasteiger partial charge < -0.3 is 14.4 Å². The van der Waals surface area contributed by atoms with Crippen LogP contribution < -0.4 is 9.80 Å². The Morgan fingerprint density at radius 3 is 2.54 bits per heavy atom. The van der Waals surface area contributed by atoms with Crippen LogP contribution in [0.4, 0.5) is 11.5 Å². The third-order valence-corrected chi connectivity index (χ3v) is 7.18. The van der Waals surface area contributed by atoms with E-state index < -0.39 is 0 Å². The van der Waals surface area contributed by atoms with E-state index in [9.17, 15) is 4.79 Å². The molecule has 1 aromatic carbocycles. The van der Waals surface area contributed by atoms with E-state index in [1.165, 1.54) is 11.3 Å². The Hall–Kier alpha value is -3.75. The smallest absolute Gasteiger partial charge is 0.165 e. The van der Waals surface area contributed by atoms with E-state index in [0.717, 1.165) is 73.8 Å². The molecule has 3 aromatic heterocycles. The number of para-hydroxylation sites is 1.